The van der Waals surface area contributed by atoms with Crippen molar-refractivity contribution in [2.24, 2.45) is 5.73 Å². The first kappa shape index (κ1) is 12.3. The third-order valence-electron chi connectivity index (χ3n) is 3.45. The summed E-state index contributed by atoms with van der Waals surface area (Å²) >= 11 is 0. The monoisotopic (exact) mass is 234 g/mol. The van der Waals surface area contributed by atoms with Crippen LogP contribution in [0.3, 0.4) is 0 Å². The van der Waals surface area contributed by atoms with Crippen molar-refractivity contribution < 1.29 is 0 Å². The van der Waals surface area contributed by atoms with Gasteiger partial charge in [-0.15, -0.1) is 0 Å². The second kappa shape index (κ2) is 5.00. The van der Waals surface area contributed by atoms with Gasteiger partial charge in [0.15, 0.2) is 0 Å². The van der Waals surface area contributed by atoms with E-state index in [0.29, 0.717) is 12.0 Å². The number of hydrogen-bond acceptors (Lipinski definition) is 4. The summed E-state index contributed by atoms with van der Waals surface area (Å²) in [5.41, 5.74) is 8.24. The molecule has 0 amide bonds. The minimum atomic E-state index is 0.349. The van der Waals surface area contributed by atoms with E-state index in [9.17, 15) is 0 Å². The summed E-state index contributed by atoms with van der Waals surface area (Å²) in [7, 11) is 0. The maximum atomic E-state index is 5.90. The van der Waals surface area contributed by atoms with Gasteiger partial charge in [0.1, 0.15) is 0 Å². The average Bonchev–Trinajstić information content (AvgIpc) is 2.29. The van der Waals surface area contributed by atoms with Crippen LogP contribution in [0.1, 0.15) is 43.9 Å². The molecule has 2 heterocycles. The predicted octanol–water partition coefficient (Wildman–Crippen LogP) is 1.84. The lowest BCUT2D eigenvalue weighted by molar-refractivity contribution is 0.495. The van der Waals surface area contributed by atoms with Gasteiger partial charge in [0.05, 0.1) is 0 Å². The van der Waals surface area contributed by atoms with Crippen molar-refractivity contribution in [1.29, 1.82) is 0 Å². The third-order valence-corrected chi connectivity index (χ3v) is 3.45. The molecule has 0 bridgehead atoms. The molecule has 1 saturated heterocycles. The molecule has 0 spiro atoms. The summed E-state index contributed by atoms with van der Waals surface area (Å²) in [6, 6.07) is 0.349. The molecule has 1 aliphatic heterocycles. The molecule has 4 heteroatoms. The van der Waals surface area contributed by atoms with Gasteiger partial charge in [-0.2, -0.15) is 0 Å². The van der Waals surface area contributed by atoms with E-state index >= 15 is 0 Å². The van der Waals surface area contributed by atoms with Gasteiger partial charge in [0, 0.05) is 31.0 Å². The Morgan fingerprint density at radius 2 is 2.00 bits per heavy atom. The van der Waals surface area contributed by atoms with E-state index in [1.54, 1.807) is 0 Å². The van der Waals surface area contributed by atoms with Crippen molar-refractivity contribution in [3.8, 4) is 0 Å². The van der Waals surface area contributed by atoms with Crippen molar-refractivity contribution >= 4 is 5.95 Å². The fourth-order valence-electron chi connectivity index (χ4n) is 2.28. The van der Waals surface area contributed by atoms with E-state index < -0.39 is 0 Å². The molecule has 1 aromatic heterocycles. The second-order valence-corrected chi connectivity index (χ2v) is 5.19. The highest BCUT2D eigenvalue weighted by atomic mass is 15.3. The second-order valence-electron chi connectivity index (χ2n) is 5.19. The minimum absolute atomic E-state index is 0.349. The maximum absolute atomic E-state index is 5.90. The largest absolute Gasteiger partial charge is 0.341 e. The quantitative estimate of drug-likeness (QED) is 0.848. The Bertz CT molecular complexity index is 381. The molecule has 0 unspecified atom stereocenters. The first-order valence-electron chi connectivity index (χ1n) is 6.42. The van der Waals surface area contributed by atoms with Crippen LogP contribution in [0, 0.1) is 6.92 Å². The van der Waals surface area contributed by atoms with Crippen LogP contribution in [0.5, 0.6) is 0 Å². The summed E-state index contributed by atoms with van der Waals surface area (Å²) in [6.45, 7) is 8.36. The Hall–Kier alpha value is -1.16. The van der Waals surface area contributed by atoms with E-state index in [4.69, 9.17) is 5.73 Å². The fourth-order valence-corrected chi connectivity index (χ4v) is 2.28. The number of anilines is 1. The molecule has 0 radical (unpaired) electrons. The van der Waals surface area contributed by atoms with Gasteiger partial charge in [-0.3, -0.25) is 0 Å². The molecule has 2 rings (SSSR count). The molecule has 4 nitrogen and oxygen atoms in total. The summed E-state index contributed by atoms with van der Waals surface area (Å²) in [5.74, 6) is 1.35. The zero-order chi connectivity index (χ0) is 12.4. The lowest BCUT2D eigenvalue weighted by Crippen LogP contribution is -2.40. The molecule has 17 heavy (non-hydrogen) atoms. The molecule has 1 aromatic rings. The van der Waals surface area contributed by atoms with E-state index in [1.165, 1.54) is 5.56 Å². The molecule has 0 aliphatic carbocycles. The number of nitrogens with zero attached hydrogens (tertiary/aromatic N) is 3. The number of nitrogens with two attached hydrogens (primary N) is 1. The highest BCUT2D eigenvalue weighted by Crippen LogP contribution is 2.20. The summed E-state index contributed by atoms with van der Waals surface area (Å²) in [6.07, 6.45) is 4.04. The van der Waals surface area contributed by atoms with Gasteiger partial charge in [0.25, 0.3) is 0 Å². The van der Waals surface area contributed by atoms with Crippen LogP contribution in [-0.2, 0) is 0 Å². The molecule has 0 saturated carbocycles. The van der Waals surface area contributed by atoms with E-state index in [-0.39, 0.29) is 0 Å². The molecule has 1 aliphatic rings. The molecular weight excluding hydrogens is 212 g/mol. The van der Waals surface area contributed by atoms with E-state index in [1.807, 2.05) is 6.20 Å². The van der Waals surface area contributed by atoms with Crippen LogP contribution < -0.4 is 10.6 Å². The smallest absolute Gasteiger partial charge is 0.225 e. The normalized spacial score (nSPS) is 17.8. The molecule has 1 fully saturated rings. The summed E-state index contributed by atoms with van der Waals surface area (Å²) in [5, 5.41) is 0. The SMILES string of the molecule is Cc1nc(N2CCC(N)CC2)ncc1C(C)C. The van der Waals surface area contributed by atoms with Gasteiger partial charge in [0.2, 0.25) is 5.95 Å². The van der Waals surface area contributed by atoms with Crippen molar-refractivity contribution in [3.63, 3.8) is 0 Å². The molecule has 94 valence electrons. The predicted molar refractivity (Wildman–Crippen MR) is 70.3 cm³/mol. The Morgan fingerprint density at radius 3 is 2.53 bits per heavy atom. The Balaban J connectivity index is 2.14. The molecular formula is C13H22N4. The Labute approximate surface area is 103 Å². The lowest BCUT2D eigenvalue weighted by Gasteiger charge is -2.30. The third kappa shape index (κ3) is 2.75. The highest BCUT2D eigenvalue weighted by molar-refractivity contribution is 5.34. The van der Waals surface area contributed by atoms with Crippen molar-refractivity contribution in [2.45, 2.75) is 45.6 Å². The highest BCUT2D eigenvalue weighted by Gasteiger charge is 2.19. The minimum Gasteiger partial charge on any atom is -0.341 e. The summed E-state index contributed by atoms with van der Waals surface area (Å²) in [4.78, 5) is 11.3. The van der Waals surface area contributed by atoms with Crippen molar-refractivity contribution in [2.75, 3.05) is 18.0 Å². The van der Waals surface area contributed by atoms with Crippen LogP contribution in [0.2, 0.25) is 0 Å². The maximum Gasteiger partial charge on any atom is 0.225 e. The van der Waals surface area contributed by atoms with E-state index in [2.05, 4.69) is 35.6 Å². The Morgan fingerprint density at radius 1 is 1.35 bits per heavy atom. The van der Waals surface area contributed by atoms with Gasteiger partial charge in [-0.1, -0.05) is 13.8 Å². The van der Waals surface area contributed by atoms with Crippen molar-refractivity contribution in [3.05, 3.63) is 17.5 Å². The van der Waals surface area contributed by atoms with Gasteiger partial charge in [-0.05, 0) is 31.2 Å². The van der Waals surface area contributed by atoms with Crippen LogP contribution in [0.25, 0.3) is 0 Å². The summed E-state index contributed by atoms with van der Waals surface area (Å²) < 4.78 is 0. The van der Waals surface area contributed by atoms with E-state index in [0.717, 1.165) is 37.6 Å². The fraction of sp³-hybridized carbons (Fsp3) is 0.692. The number of piperidine rings is 1. The molecule has 0 atom stereocenters. The van der Waals surface area contributed by atoms with Gasteiger partial charge in [-0.25, -0.2) is 9.97 Å². The standard InChI is InChI=1S/C13H22N4/c1-9(2)12-8-15-13(16-10(12)3)17-6-4-11(14)5-7-17/h8-9,11H,4-7,14H2,1-3H3. The zero-order valence-corrected chi connectivity index (χ0v) is 11.0. The first-order chi connectivity index (χ1) is 8.08. The number of rotatable bonds is 2. The molecule has 2 N–H and O–H groups in total. The Kier molecular flexibility index (Phi) is 3.62. The number of hydrogen-bond donors (Lipinski definition) is 1. The zero-order valence-electron chi connectivity index (χ0n) is 11.0. The van der Waals surface area contributed by atoms with Gasteiger partial charge < -0.3 is 10.6 Å². The van der Waals surface area contributed by atoms with Crippen molar-refractivity contribution in [1.82, 2.24) is 9.97 Å². The lowest BCUT2D eigenvalue weighted by atomic mass is 10.0. The van der Waals surface area contributed by atoms with Crippen LogP contribution >= 0.6 is 0 Å². The van der Waals surface area contributed by atoms with Crippen LogP contribution in [-0.4, -0.2) is 29.1 Å². The number of aromatic nitrogens is 2. The first-order valence-corrected chi connectivity index (χ1v) is 6.42. The van der Waals surface area contributed by atoms with Crippen LogP contribution in [0.4, 0.5) is 5.95 Å². The van der Waals surface area contributed by atoms with Crippen LogP contribution in [0.15, 0.2) is 6.20 Å². The average molecular weight is 234 g/mol. The topological polar surface area (TPSA) is 55.0 Å². The number of aryl methyl sites for hydroxylation is 1. The van der Waals surface area contributed by atoms with Gasteiger partial charge >= 0.3 is 0 Å². The molecule has 0 aromatic carbocycles.